The van der Waals surface area contributed by atoms with Gasteiger partial charge in [0.1, 0.15) is 23.4 Å². The van der Waals surface area contributed by atoms with Gasteiger partial charge in [0, 0.05) is 36.2 Å². The van der Waals surface area contributed by atoms with Crippen LogP contribution in [0.4, 0.5) is 10.2 Å². The molecule has 0 radical (unpaired) electrons. The topological polar surface area (TPSA) is 89.0 Å². The van der Waals surface area contributed by atoms with Crippen LogP contribution in [0.3, 0.4) is 0 Å². The van der Waals surface area contributed by atoms with Crippen LogP contribution in [0.1, 0.15) is 43.4 Å². The van der Waals surface area contributed by atoms with Crippen LogP contribution in [0, 0.1) is 5.82 Å². The monoisotopic (exact) mass is 429 g/mol. The molecule has 0 spiro atoms. The summed E-state index contributed by atoms with van der Waals surface area (Å²) in [5.74, 6) is -0.0486. The standard InChI is InChI=1S/C21H21ClFN5O2/c1-3-30-20-13(8-14(22)18(23)17(20)12-7-16(29)25-9-12)11(2)28-21-19-15(26-10-27-21)5-4-6-24-19/h4-6,8,10-12H,3,7,9H2,1-2H3,(H,25,29)(H,26,27,28)/t11-,12-/m0/s1. The summed E-state index contributed by atoms with van der Waals surface area (Å²) in [7, 11) is 0. The zero-order valence-corrected chi connectivity index (χ0v) is 17.3. The smallest absolute Gasteiger partial charge is 0.220 e. The number of amides is 1. The van der Waals surface area contributed by atoms with Gasteiger partial charge in [0.15, 0.2) is 5.82 Å². The third kappa shape index (κ3) is 3.75. The van der Waals surface area contributed by atoms with Crippen LogP contribution in [-0.2, 0) is 4.79 Å². The average Bonchev–Trinajstić information content (AvgIpc) is 3.17. The Balaban J connectivity index is 1.77. The molecule has 9 heteroatoms. The summed E-state index contributed by atoms with van der Waals surface area (Å²) < 4.78 is 20.9. The summed E-state index contributed by atoms with van der Waals surface area (Å²) in [4.78, 5) is 24.6. The van der Waals surface area contributed by atoms with E-state index in [-0.39, 0.29) is 29.3 Å². The summed E-state index contributed by atoms with van der Waals surface area (Å²) in [6.07, 6.45) is 3.32. The number of benzene rings is 1. The highest BCUT2D eigenvalue weighted by atomic mass is 35.5. The van der Waals surface area contributed by atoms with Crippen LogP contribution in [0.2, 0.25) is 5.02 Å². The molecule has 2 atom stereocenters. The van der Waals surface area contributed by atoms with Crippen LogP contribution in [0.5, 0.6) is 5.75 Å². The SMILES string of the molecule is CCOc1c([C@H](C)Nc2ncnc3cccnc23)cc(Cl)c(F)c1[C@@H]1CNC(=O)C1. The van der Waals surface area contributed by atoms with E-state index in [1.165, 1.54) is 6.33 Å². The van der Waals surface area contributed by atoms with Gasteiger partial charge in [-0.3, -0.25) is 9.78 Å². The molecule has 3 aromatic rings. The Morgan fingerprint density at radius 1 is 1.40 bits per heavy atom. The van der Waals surface area contributed by atoms with Crippen molar-refractivity contribution >= 4 is 34.4 Å². The summed E-state index contributed by atoms with van der Waals surface area (Å²) in [5, 5.41) is 6.05. The van der Waals surface area contributed by atoms with E-state index in [4.69, 9.17) is 16.3 Å². The zero-order valence-electron chi connectivity index (χ0n) is 16.6. The van der Waals surface area contributed by atoms with Gasteiger partial charge in [-0.2, -0.15) is 0 Å². The number of hydrogen-bond acceptors (Lipinski definition) is 6. The predicted molar refractivity (Wildman–Crippen MR) is 112 cm³/mol. The number of pyridine rings is 1. The number of halogens is 2. The average molecular weight is 430 g/mol. The van der Waals surface area contributed by atoms with Crippen molar-refractivity contribution in [3.05, 3.63) is 52.7 Å². The highest BCUT2D eigenvalue weighted by molar-refractivity contribution is 6.31. The molecule has 0 aliphatic carbocycles. The number of nitrogens with one attached hydrogen (secondary N) is 2. The van der Waals surface area contributed by atoms with Crippen LogP contribution in [0.25, 0.3) is 11.0 Å². The normalized spacial score (nSPS) is 17.1. The Morgan fingerprint density at radius 3 is 2.97 bits per heavy atom. The minimum absolute atomic E-state index is 0.0119. The molecule has 0 unspecified atom stereocenters. The van der Waals surface area contributed by atoms with Gasteiger partial charge in [-0.25, -0.2) is 14.4 Å². The molecule has 3 heterocycles. The van der Waals surface area contributed by atoms with Crippen LogP contribution in [0.15, 0.2) is 30.7 Å². The fraction of sp³-hybridized carbons (Fsp3) is 0.333. The zero-order chi connectivity index (χ0) is 21.3. The van der Waals surface area contributed by atoms with Crippen LogP contribution < -0.4 is 15.4 Å². The molecule has 1 saturated heterocycles. The lowest BCUT2D eigenvalue weighted by Gasteiger charge is -2.24. The van der Waals surface area contributed by atoms with Gasteiger partial charge in [-0.05, 0) is 32.0 Å². The molecule has 1 aliphatic heterocycles. The number of rotatable bonds is 6. The number of carbonyl (C=O) groups excluding carboxylic acids is 1. The first-order chi connectivity index (χ1) is 14.5. The van der Waals surface area contributed by atoms with E-state index < -0.39 is 5.82 Å². The second-order valence-electron chi connectivity index (χ2n) is 7.10. The highest BCUT2D eigenvalue weighted by Crippen LogP contribution is 2.42. The lowest BCUT2D eigenvalue weighted by atomic mass is 9.92. The number of fused-ring (bicyclic) bond motifs is 1. The molecular weight excluding hydrogens is 409 g/mol. The van der Waals surface area contributed by atoms with Crippen molar-refractivity contribution < 1.29 is 13.9 Å². The van der Waals surface area contributed by atoms with Crippen molar-refractivity contribution in [2.75, 3.05) is 18.5 Å². The third-order valence-corrected chi connectivity index (χ3v) is 5.40. The van der Waals surface area contributed by atoms with Gasteiger partial charge < -0.3 is 15.4 Å². The summed E-state index contributed by atoms with van der Waals surface area (Å²) >= 11 is 6.25. The number of ether oxygens (including phenoxy) is 1. The number of anilines is 1. The van der Waals surface area contributed by atoms with E-state index in [0.29, 0.717) is 46.9 Å². The fourth-order valence-corrected chi connectivity index (χ4v) is 3.95. The van der Waals surface area contributed by atoms with Gasteiger partial charge in [0.25, 0.3) is 0 Å². The number of carbonyl (C=O) groups is 1. The van der Waals surface area contributed by atoms with Gasteiger partial charge in [0.05, 0.1) is 23.2 Å². The molecule has 156 valence electrons. The quantitative estimate of drug-likeness (QED) is 0.615. The maximum Gasteiger partial charge on any atom is 0.220 e. The Kier molecular flexibility index (Phi) is 5.67. The molecule has 2 aromatic heterocycles. The van der Waals surface area contributed by atoms with E-state index in [1.807, 2.05) is 19.9 Å². The maximum atomic E-state index is 15.0. The summed E-state index contributed by atoms with van der Waals surface area (Å²) in [6.45, 7) is 4.43. The highest BCUT2D eigenvalue weighted by Gasteiger charge is 2.32. The van der Waals surface area contributed by atoms with E-state index in [9.17, 15) is 4.79 Å². The predicted octanol–water partition coefficient (Wildman–Crippen LogP) is 3.99. The lowest BCUT2D eigenvalue weighted by molar-refractivity contribution is -0.119. The molecule has 7 nitrogen and oxygen atoms in total. The molecule has 0 bridgehead atoms. The molecule has 1 aromatic carbocycles. The second-order valence-corrected chi connectivity index (χ2v) is 7.51. The Morgan fingerprint density at radius 2 is 2.23 bits per heavy atom. The van der Waals surface area contributed by atoms with Gasteiger partial charge in [-0.15, -0.1) is 0 Å². The third-order valence-electron chi connectivity index (χ3n) is 5.12. The van der Waals surface area contributed by atoms with Gasteiger partial charge in [0.2, 0.25) is 5.91 Å². The number of nitrogens with zero attached hydrogens (tertiary/aromatic N) is 3. The molecular formula is C21H21ClFN5O2. The van der Waals surface area contributed by atoms with Crippen LogP contribution in [-0.4, -0.2) is 34.0 Å². The van der Waals surface area contributed by atoms with Crippen LogP contribution >= 0.6 is 11.6 Å². The second kappa shape index (κ2) is 8.39. The largest absolute Gasteiger partial charge is 0.493 e. The number of aromatic nitrogens is 3. The molecule has 30 heavy (non-hydrogen) atoms. The first-order valence-corrected chi connectivity index (χ1v) is 10.1. The van der Waals surface area contributed by atoms with Gasteiger partial charge >= 0.3 is 0 Å². The van der Waals surface area contributed by atoms with E-state index >= 15 is 4.39 Å². The molecule has 1 aliphatic rings. The first kappa shape index (κ1) is 20.3. The summed E-state index contributed by atoms with van der Waals surface area (Å²) in [5.41, 5.74) is 2.35. The Hall–Kier alpha value is -3.00. The molecule has 0 saturated carbocycles. The molecule has 1 amide bonds. The van der Waals surface area contributed by atoms with E-state index in [2.05, 4.69) is 25.6 Å². The number of hydrogen-bond donors (Lipinski definition) is 2. The van der Waals surface area contributed by atoms with Crippen molar-refractivity contribution in [2.45, 2.75) is 32.2 Å². The Labute approximate surface area is 178 Å². The minimum Gasteiger partial charge on any atom is -0.493 e. The van der Waals surface area contributed by atoms with Crippen molar-refractivity contribution in [2.24, 2.45) is 0 Å². The fourth-order valence-electron chi connectivity index (χ4n) is 3.73. The summed E-state index contributed by atoms with van der Waals surface area (Å²) in [6, 6.07) is 4.89. The van der Waals surface area contributed by atoms with E-state index in [0.717, 1.165) is 0 Å². The molecule has 4 rings (SSSR count). The van der Waals surface area contributed by atoms with E-state index in [1.54, 1.807) is 18.3 Å². The molecule has 2 N–H and O–H groups in total. The lowest BCUT2D eigenvalue weighted by Crippen LogP contribution is -2.16. The van der Waals surface area contributed by atoms with Crippen molar-refractivity contribution in [3.8, 4) is 5.75 Å². The minimum atomic E-state index is -0.549. The van der Waals surface area contributed by atoms with Crippen molar-refractivity contribution in [1.29, 1.82) is 0 Å². The maximum absolute atomic E-state index is 15.0. The first-order valence-electron chi connectivity index (χ1n) is 9.73. The van der Waals surface area contributed by atoms with Crippen molar-refractivity contribution in [3.63, 3.8) is 0 Å². The Bertz CT molecular complexity index is 1100. The van der Waals surface area contributed by atoms with Gasteiger partial charge in [-0.1, -0.05) is 11.6 Å². The molecule has 1 fully saturated rings. The van der Waals surface area contributed by atoms with Crippen molar-refractivity contribution in [1.82, 2.24) is 20.3 Å².